The summed E-state index contributed by atoms with van der Waals surface area (Å²) in [5, 5.41) is 3.73. The van der Waals surface area contributed by atoms with E-state index in [0.29, 0.717) is 6.04 Å². The molecule has 1 atom stereocenters. The third-order valence-electron chi connectivity index (χ3n) is 5.21. The van der Waals surface area contributed by atoms with E-state index < -0.39 is 0 Å². The maximum Gasteiger partial charge on any atom is 0.124 e. The molecule has 0 saturated heterocycles. The minimum Gasteiger partial charge on any atom is -0.493 e. The zero-order chi connectivity index (χ0) is 16.2. The second kappa shape index (κ2) is 7.37. The molecular formula is C21H26N2O. The minimum absolute atomic E-state index is 0.442. The van der Waals surface area contributed by atoms with Crippen LogP contribution in [0.2, 0.25) is 0 Å². The van der Waals surface area contributed by atoms with Crippen molar-refractivity contribution in [1.82, 2.24) is 10.2 Å². The molecule has 2 aromatic carbocycles. The SMILES string of the molecule is c1ccc2c(c1)CCN(CCCNC1CCOc3ccccc31)C2. The molecule has 1 N–H and O–H groups in total. The summed E-state index contributed by atoms with van der Waals surface area (Å²) in [7, 11) is 0. The molecule has 126 valence electrons. The van der Waals surface area contributed by atoms with Crippen LogP contribution < -0.4 is 10.1 Å². The Morgan fingerprint density at radius 1 is 1.04 bits per heavy atom. The van der Waals surface area contributed by atoms with E-state index in [2.05, 4.69) is 58.7 Å². The monoisotopic (exact) mass is 322 g/mol. The topological polar surface area (TPSA) is 24.5 Å². The standard InChI is InChI=1S/C21H26N2O/c1-2-7-18-16-23(14-10-17(18)6-1)13-5-12-22-20-11-15-24-21-9-4-3-8-19(20)21/h1-4,6-9,20,22H,5,10-16H2. The van der Waals surface area contributed by atoms with Gasteiger partial charge in [0.15, 0.2) is 0 Å². The maximum absolute atomic E-state index is 5.74. The summed E-state index contributed by atoms with van der Waals surface area (Å²) >= 11 is 0. The number of nitrogens with one attached hydrogen (secondary N) is 1. The van der Waals surface area contributed by atoms with E-state index in [1.165, 1.54) is 42.6 Å². The lowest BCUT2D eigenvalue weighted by molar-refractivity contribution is 0.236. The first-order valence-corrected chi connectivity index (χ1v) is 9.14. The molecule has 2 aromatic rings. The number of fused-ring (bicyclic) bond motifs is 2. The molecule has 0 saturated carbocycles. The van der Waals surface area contributed by atoms with Crippen LogP contribution in [0.15, 0.2) is 48.5 Å². The van der Waals surface area contributed by atoms with Gasteiger partial charge in [0.1, 0.15) is 5.75 Å². The normalized spacial score (nSPS) is 20.1. The van der Waals surface area contributed by atoms with Gasteiger partial charge in [-0.05, 0) is 43.1 Å². The highest BCUT2D eigenvalue weighted by Crippen LogP contribution is 2.31. The van der Waals surface area contributed by atoms with Crippen LogP contribution in [0.1, 0.15) is 35.6 Å². The predicted octanol–water partition coefficient (Wildman–Crippen LogP) is 3.55. The van der Waals surface area contributed by atoms with Crippen LogP contribution in [0, 0.1) is 0 Å². The van der Waals surface area contributed by atoms with Gasteiger partial charge >= 0.3 is 0 Å². The molecule has 3 heteroatoms. The van der Waals surface area contributed by atoms with E-state index in [1.54, 1.807) is 0 Å². The lowest BCUT2D eigenvalue weighted by Gasteiger charge is -2.30. The van der Waals surface area contributed by atoms with Crippen molar-refractivity contribution in [3.8, 4) is 5.75 Å². The van der Waals surface area contributed by atoms with E-state index in [9.17, 15) is 0 Å². The van der Waals surface area contributed by atoms with Gasteiger partial charge in [0.2, 0.25) is 0 Å². The van der Waals surface area contributed by atoms with Crippen molar-refractivity contribution >= 4 is 0 Å². The number of rotatable bonds is 5. The summed E-state index contributed by atoms with van der Waals surface area (Å²) in [6.45, 7) is 5.36. The lowest BCUT2D eigenvalue weighted by atomic mass is 9.99. The maximum atomic E-state index is 5.74. The Morgan fingerprint density at radius 2 is 1.88 bits per heavy atom. The Kier molecular flexibility index (Phi) is 4.81. The Hall–Kier alpha value is -1.84. The zero-order valence-electron chi connectivity index (χ0n) is 14.2. The third kappa shape index (κ3) is 3.47. The van der Waals surface area contributed by atoms with Crippen LogP contribution in [0.3, 0.4) is 0 Å². The van der Waals surface area contributed by atoms with E-state index in [0.717, 1.165) is 31.9 Å². The summed E-state index contributed by atoms with van der Waals surface area (Å²) in [6, 6.07) is 17.7. The highest BCUT2D eigenvalue weighted by atomic mass is 16.5. The van der Waals surface area contributed by atoms with Gasteiger partial charge in [-0.25, -0.2) is 0 Å². The second-order valence-corrected chi connectivity index (χ2v) is 6.83. The molecule has 0 amide bonds. The van der Waals surface area contributed by atoms with Gasteiger partial charge in [-0.15, -0.1) is 0 Å². The van der Waals surface area contributed by atoms with E-state index >= 15 is 0 Å². The number of para-hydroxylation sites is 1. The van der Waals surface area contributed by atoms with Gasteiger partial charge in [-0.1, -0.05) is 42.5 Å². The second-order valence-electron chi connectivity index (χ2n) is 6.83. The van der Waals surface area contributed by atoms with Gasteiger partial charge < -0.3 is 10.1 Å². The molecule has 4 rings (SSSR count). The highest BCUT2D eigenvalue weighted by Gasteiger charge is 2.20. The van der Waals surface area contributed by atoms with Crippen LogP contribution >= 0.6 is 0 Å². The molecule has 0 fully saturated rings. The van der Waals surface area contributed by atoms with Crippen molar-refractivity contribution in [2.24, 2.45) is 0 Å². The fourth-order valence-corrected chi connectivity index (χ4v) is 3.88. The number of benzene rings is 2. The quantitative estimate of drug-likeness (QED) is 0.852. The average Bonchev–Trinajstić information content (AvgIpc) is 2.65. The Labute approximate surface area is 144 Å². The molecule has 0 aliphatic carbocycles. The smallest absolute Gasteiger partial charge is 0.124 e. The van der Waals surface area contributed by atoms with Crippen molar-refractivity contribution in [2.75, 3.05) is 26.2 Å². The molecule has 0 radical (unpaired) electrons. The van der Waals surface area contributed by atoms with Gasteiger partial charge in [0, 0.05) is 31.1 Å². The van der Waals surface area contributed by atoms with E-state index in [-0.39, 0.29) is 0 Å². The molecule has 2 aliphatic rings. The van der Waals surface area contributed by atoms with Crippen LogP contribution in [-0.2, 0) is 13.0 Å². The van der Waals surface area contributed by atoms with Crippen molar-refractivity contribution in [3.63, 3.8) is 0 Å². The third-order valence-corrected chi connectivity index (χ3v) is 5.21. The number of hydrogen-bond acceptors (Lipinski definition) is 3. The lowest BCUT2D eigenvalue weighted by Crippen LogP contribution is -2.34. The summed E-state index contributed by atoms with van der Waals surface area (Å²) in [5.74, 6) is 1.05. The molecule has 0 aromatic heterocycles. The number of hydrogen-bond donors (Lipinski definition) is 1. The Balaban J connectivity index is 1.25. The van der Waals surface area contributed by atoms with Gasteiger partial charge in [-0.3, -0.25) is 4.90 Å². The number of ether oxygens (including phenoxy) is 1. The molecule has 24 heavy (non-hydrogen) atoms. The van der Waals surface area contributed by atoms with Gasteiger partial charge in [0.25, 0.3) is 0 Å². The molecule has 2 aliphatic heterocycles. The Bertz CT molecular complexity index is 685. The minimum atomic E-state index is 0.442. The first-order chi connectivity index (χ1) is 11.9. The molecule has 1 unspecified atom stereocenters. The molecule has 0 bridgehead atoms. The van der Waals surface area contributed by atoms with E-state index in [4.69, 9.17) is 4.74 Å². The van der Waals surface area contributed by atoms with Crippen molar-refractivity contribution < 1.29 is 4.74 Å². The first-order valence-electron chi connectivity index (χ1n) is 9.14. The van der Waals surface area contributed by atoms with Crippen LogP contribution in [-0.4, -0.2) is 31.1 Å². The van der Waals surface area contributed by atoms with Crippen molar-refractivity contribution in [2.45, 2.75) is 31.8 Å². The van der Waals surface area contributed by atoms with Crippen LogP contribution in [0.25, 0.3) is 0 Å². The summed E-state index contributed by atoms with van der Waals surface area (Å²) in [5.41, 5.74) is 4.36. The van der Waals surface area contributed by atoms with Crippen LogP contribution in [0.4, 0.5) is 0 Å². The number of nitrogens with zero attached hydrogens (tertiary/aromatic N) is 1. The van der Waals surface area contributed by atoms with Gasteiger partial charge in [-0.2, -0.15) is 0 Å². The predicted molar refractivity (Wildman–Crippen MR) is 97.3 cm³/mol. The summed E-state index contributed by atoms with van der Waals surface area (Å²) < 4.78 is 5.74. The fraction of sp³-hybridized carbons (Fsp3) is 0.429. The van der Waals surface area contributed by atoms with Crippen molar-refractivity contribution in [1.29, 1.82) is 0 Å². The first kappa shape index (κ1) is 15.7. The molecule has 2 heterocycles. The van der Waals surface area contributed by atoms with Gasteiger partial charge in [0.05, 0.1) is 6.61 Å². The Morgan fingerprint density at radius 3 is 2.83 bits per heavy atom. The average molecular weight is 322 g/mol. The molecular weight excluding hydrogens is 296 g/mol. The fourth-order valence-electron chi connectivity index (χ4n) is 3.88. The summed E-state index contributed by atoms with van der Waals surface area (Å²) in [6.07, 6.45) is 3.45. The highest BCUT2D eigenvalue weighted by molar-refractivity contribution is 5.37. The van der Waals surface area contributed by atoms with Crippen LogP contribution in [0.5, 0.6) is 5.75 Å². The van der Waals surface area contributed by atoms with E-state index in [1.807, 2.05) is 0 Å². The largest absolute Gasteiger partial charge is 0.493 e. The zero-order valence-corrected chi connectivity index (χ0v) is 14.2. The van der Waals surface area contributed by atoms with Crippen molar-refractivity contribution in [3.05, 3.63) is 65.2 Å². The molecule has 0 spiro atoms. The molecule has 3 nitrogen and oxygen atoms in total. The summed E-state index contributed by atoms with van der Waals surface area (Å²) in [4.78, 5) is 2.59.